The lowest BCUT2D eigenvalue weighted by atomic mass is 9.97. The second-order valence-corrected chi connectivity index (χ2v) is 14.8. The maximum Gasteiger partial charge on any atom is 0.220 e. The van der Waals surface area contributed by atoms with Crippen molar-refractivity contribution in [2.24, 2.45) is 0 Å². The van der Waals surface area contributed by atoms with Crippen LogP contribution in [0.2, 0.25) is 0 Å². The van der Waals surface area contributed by atoms with Crippen LogP contribution in [0, 0.1) is 0 Å². The average Bonchev–Trinajstić information content (AvgIpc) is 3.21. The normalized spacial score (nSPS) is 29.7. The molecular formula is C43H73NO13. The Morgan fingerprint density at radius 3 is 1.91 bits per heavy atom. The molecule has 12 atom stereocenters. The summed E-state index contributed by atoms with van der Waals surface area (Å²) in [6, 6.07) is -0.943. The van der Waals surface area contributed by atoms with Crippen LogP contribution in [-0.2, 0) is 23.7 Å². The topological polar surface area (TPSA) is 228 Å². The standard InChI is InChI=1S/C43H73NO13/c1-3-5-7-9-11-13-14-15-16-17-19-21-23-25-27-35(48)44-31(32(47)26-24-22-20-18-12-10-8-6-4-2)30-54-42-40(53)38(51)41(34(29-46)56-42)57-43-39(52)37(50)36(49)33(28-45)55-43/h4,6,9,11-12,14-15,18,24,26,31-34,36-43,45-47,49-53H,3,5,7-8,10,13,16-17,19-23,25,27-30H2,1-2H3,(H,44,48)/b6-4+,11-9-,15-14-,18-12+,26-24+. The zero-order valence-corrected chi connectivity index (χ0v) is 34.0. The number of unbranched alkanes of at least 4 members (excludes halogenated alkanes) is 9. The molecule has 14 heteroatoms. The Hall–Kier alpha value is -2.31. The predicted octanol–water partition coefficient (Wildman–Crippen LogP) is 3.15. The van der Waals surface area contributed by atoms with E-state index in [2.05, 4.69) is 54.8 Å². The third kappa shape index (κ3) is 19.5. The Kier molecular flexibility index (Phi) is 27.4. The fourth-order valence-corrected chi connectivity index (χ4v) is 6.46. The molecule has 0 aromatic heterocycles. The van der Waals surface area contributed by atoms with E-state index in [4.69, 9.17) is 18.9 Å². The highest BCUT2D eigenvalue weighted by Gasteiger charge is 2.50. The van der Waals surface area contributed by atoms with Crippen LogP contribution < -0.4 is 5.32 Å². The van der Waals surface area contributed by atoms with Gasteiger partial charge in [0.15, 0.2) is 12.6 Å². The zero-order chi connectivity index (χ0) is 41.8. The van der Waals surface area contributed by atoms with E-state index in [1.54, 1.807) is 6.08 Å². The SMILES string of the molecule is C/C=C/CC/C=C/CC/C=C/C(O)C(COC1OC(CO)C(OC2OC(CO)C(O)C(O)C2O)C(O)C1O)NC(=O)CCCCCCC/C=C\C/C=C\CCCC. The lowest BCUT2D eigenvalue weighted by Gasteiger charge is -2.46. The number of rotatable bonds is 29. The van der Waals surface area contributed by atoms with Gasteiger partial charge in [0, 0.05) is 6.42 Å². The van der Waals surface area contributed by atoms with Crippen molar-refractivity contribution in [1.29, 1.82) is 0 Å². The van der Waals surface area contributed by atoms with Crippen LogP contribution in [0.4, 0.5) is 0 Å². The molecule has 2 fully saturated rings. The molecule has 0 aliphatic carbocycles. The Balaban J connectivity index is 1.94. The Morgan fingerprint density at radius 1 is 0.667 bits per heavy atom. The van der Waals surface area contributed by atoms with E-state index < -0.39 is 86.8 Å². The first kappa shape index (κ1) is 50.8. The molecule has 14 nitrogen and oxygen atoms in total. The van der Waals surface area contributed by atoms with Crippen LogP contribution >= 0.6 is 0 Å². The van der Waals surface area contributed by atoms with E-state index in [0.29, 0.717) is 12.8 Å². The third-order valence-corrected chi connectivity index (χ3v) is 10.00. The van der Waals surface area contributed by atoms with Gasteiger partial charge in [-0.2, -0.15) is 0 Å². The summed E-state index contributed by atoms with van der Waals surface area (Å²) in [5.41, 5.74) is 0. The number of aliphatic hydroxyl groups excluding tert-OH is 8. The van der Waals surface area contributed by atoms with E-state index in [0.717, 1.165) is 64.2 Å². The third-order valence-electron chi connectivity index (χ3n) is 10.00. The summed E-state index contributed by atoms with van der Waals surface area (Å²) in [5, 5.41) is 86.1. The predicted molar refractivity (Wildman–Crippen MR) is 217 cm³/mol. The van der Waals surface area contributed by atoms with Crippen LogP contribution in [0.1, 0.15) is 110 Å². The summed E-state index contributed by atoms with van der Waals surface area (Å²) in [7, 11) is 0. The van der Waals surface area contributed by atoms with Crippen molar-refractivity contribution in [3.05, 3.63) is 60.8 Å². The molecule has 2 saturated heterocycles. The van der Waals surface area contributed by atoms with Gasteiger partial charge in [-0.05, 0) is 64.7 Å². The van der Waals surface area contributed by atoms with Crippen LogP contribution in [0.25, 0.3) is 0 Å². The highest BCUT2D eigenvalue weighted by atomic mass is 16.7. The molecule has 12 unspecified atom stereocenters. The molecule has 328 valence electrons. The van der Waals surface area contributed by atoms with Gasteiger partial charge >= 0.3 is 0 Å². The zero-order valence-electron chi connectivity index (χ0n) is 34.0. The number of carbonyl (C=O) groups is 1. The minimum atomic E-state index is -1.79. The summed E-state index contributed by atoms with van der Waals surface area (Å²) in [5.74, 6) is -0.276. The number of hydrogen-bond acceptors (Lipinski definition) is 13. The summed E-state index contributed by atoms with van der Waals surface area (Å²) in [6.07, 6.45) is 17.3. The molecule has 0 aromatic rings. The van der Waals surface area contributed by atoms with E-state index in [-0.39, 0.29) is 18.9 Å². The summed E-state index contributed by atoms with van der Waals surface area (Å²) in [4.78, 5) is 13.0. The van der Waals surface area contributed by atoms with Gasteiger partial charge in [0.2, 0.25) is 5.91 Å². The molecule has 2 aliphatic heterocycles. The molecule has 2 aliphatic rings. The van der Waals surface area contributed by atoms with E-state index in [9.17, 15) is 45.6 Å². The molecule has 0 aromatic carbocycles. The summed E-state index contributed by atoms with van der Waals surface area (Å²) >= 11 is 0. The molecule has 2 rings (SSSR count). The fraction of sp³-hybridized carbons (Fsp3) is 0.744. The van der Waals surface area contributed by atoms with Crippen molar-refractivity contribution in [1.82, 2.24) is 5.32 Å². The number of amides is 1. The van der Waals surface area contributed by atoms with Crippen LogP contribution in [0.15, 0.2) is 60.8 Å². The van der Waals surface area contributed by atoms with Crippen molar-refractivity contribution in [3.63, 3.8) is 0 Å². The Bertz CT molecular complexity index is 1190. The second-order valence-electron chi connectivity index (χ2n) is 14.8. The van der Waals surface area contributed by atoms with Crippen molar-refractivity contribution in [2.45, 2.75) is 184 Å². The maximum absolute atomic E-state index is 13.0. The van der Waals surface area contributed by atoms with Gasteiger partial charge in [-0.3, -0.25) is 4.79 Å². The van der Waals surface area contributed by atoms with Crippen LogP contribution in [-0.4, -0.2) is 140 Å². The molecule has 0 radical (unpaired) electrons. The minimum Gasteiger partial charge on any atom is -0.394 e. The quantitative estimate of drug-likeness (QED) is 0.0392. The highest BCUT2D eigenvalue weighted by molar-refractivity contribution is 5.76. The smallest absolute Gasteiger partial charge is 0.220 e. The van der Waals surface area contributed by atoms with Gasteiger partial charge in [0.1, 0.15) is 48.8 Å². The average molecular weight is 812 g/mol. The number of hydrogen-bond donors (Lipinski definition) is 9. The molecule has 0 bridgehead atoms. The van der Waals surface area contributed by atoms with E-state index in [1.165, 1.54) is 12.8 Å². The van der Waals surface area contributed by atoms with Gasteiger partial charge in [0.25, 0.3) is 0 Å². The molecule has 9 N–H and O–H groups in total. The maximum atomic E-state index is 13.0. The van der Waals surface area contributed by atoms with Gasteiger partial charge < -0.3 is 65.1 Å². The van der Waals surface area contributed by atoms with Crippen molar-refractivity contribution < 1.29 is 64.6 Å². The van der Waals surface area contributed by atoms with Crippen LogP contribution in [0.3, 0.4) is 0 Å². The number of aliphatic hydroxyl groups is 8. The molecule has 1 amide bonds. The Labute approximate surface area is 339 Å². The fourth-order valence-electron chi connectivity index (χ4n) is 6.46. The number of ether oxygens (including phenoxy) is 4. The second kappa shape index (κ2) is 30.7. The molecular weight excluding hydrogens is 738 g/mol. The molecule has 0 saturated carbocycles. The van der Waals surface area contributed by atoms with Crippen molar-refractivity contribution in [2.75, 3.05) is 19.8 Å². The van der Waals surface area contributed by atoms with Crippen LogP contribution in [0.5, 0.6) is 0 Å². The largest absolute Gasteiger partial charge is 0.394 e. The number of carbonyl (C=O) groups excluding carboxylic acids is 1. The summed E-state index contributed by atoms with van der Waals surface area (Å²) < 4.78 is 22.5. The lowest BCUT2D eigenvalue weighted by molar-refractivity contribution is -0.359. The summed E-state index contributed by atoms with van der Waals surface area (Å²) in [6.45, 7) is 2.42. The monoisotopic (exact) mass is 812 g/mol. The number of nitrogens with one attached hydrogen (secondary N) is 1. The van der Waals surface area contributed by atoms with Gasteiger partial charge in [0.05, 0.1) is 32.0 Å². The Morgan fingerprint density at radius 2 is 1.25 bits per heavy atom. The first-order valence-electron chi connectivity index (χ1n) is 21.0. The van der Waals surface area contributed by atoms with E-state index in [1.807, 2.05) is 19.1 Å². The molecule has 2 heterocycles. The van der Waals surface area contributed by atoms with E-state index >= 15 is 0 Å². The van der Waals surface area contributed by atoms with Gasteiger partial charge in [-0.1, -0.05) is 99.8 Å². The van der Waals surface area contributed by atoms with Crippen molar-refractivity contribution >= 4 is 5.91 Å². The van der Waals surface area contributed by atoms with Gasteiger partial charge in [-0.15, -0.1) is 0 Å². The number of allylic oxidation sites excluding steroid dienone is 9. The van der Waals surface area contributed by atoms with Crippen molar-refractivity contribution in [3.8, 4) is 0 Å². The first-order chi connectivity index (χ1) is 27.6. The first-order valence-corrected chi connectivity index (χ1v) is 21.0. The van der Waals surface area contributed by atoms with Gasteiger partial charge in [-0.25, -0.2) is 0 Å². The minimum absolute atomic E-state index is 0.250. The molecule has 57 heavy (non-hydrogen) atoms. The lowest BCUT2D eigenvalue weighted by Crippen LogP contribution is -2.65. The highest BCUT2D eigenvalue weighted by Crippen LogP contribution is 2.29. The molecule has 0 spiro atoms.